The molecule has 2 saturated carbocycles. The number of hydrogen-bond donors (Lipinski definition) is 2. The lowest BCUT2D eigenvalue weighted by Crippen LogP contribution is -2.50. The number of nitrogens with one attached hydrogen (secondary N) is 2. The van der Waals surface area contributed by atoms with Crippen molar-refractivity contribution in [2.75, 3.05) is 27.4 Å². The molecule has 224 valence electrons. The van der Waals surface area contributed by atoms with Crippen molar-refractivity contribution < 1.29 is 42.7 Å². The molecule has 2 aliphatic carbocycles. The molecule has 4 aliphatic heterocycles. The van der Waals surface area contributed by atoms with Gasteiger partial charge in [0.05, 0.1) is 25.4 Å². The number of rotatable bonds is 6. The lowest BCUT2D eigenvalue weighted by molar-refractivity contribution is -0.316. The Morgan fingerprint density at radius 3 is 1.48 bits per heavy atom. The number of methoxy groups -OCH3 is 2. The van der Waals surface area contributed by atoms with E-state index in [-0.39, 0.29) is 66.2 Å². The molecule has 6 aliphatic rings. The highest BCUT2D eigenvalue weighted by molar-refractivity contribution is 5.76. The average molecular weight is 581 g/mol. The predicted molar refractivity (Wildman–Crippen MR) is 145 cm³/mol. The summed E-state index contributed by atoms with van der Waals surface area (Å²) in [6, 6.07) is 19.2. The Hall–Kier alpha value is -2.61. The molecule has 11 heteroatoms. The lowest BCUT2D eigenvalue weighted by atomic mass is 10.0. The van der Waals surface area contributed by atoms with Gasteiger partial charge >= 0.3 is 6.03 Å². The second-order valence-corrected chi connectivity index (χ2v) is 11.9. The van der Waals surface area contributed by atoms with Crippen molar-refractivity contribution in [3.8, 4) is 0 Å². The van der Waals surface area contributed by atoms with Crippen molar-refractivity contribution in [2.24, 2.45) is 23.7 Å². The Morgan fingerprint density at radius 2 is 1.07 bits per heavy atom. The van der Waals surface area contributed by atoms with Crippen LogP contribution in [0.2, 0.25) is 0 Å². The zero-order chi connectivity index (χ0) is 28.4. The number of fused-ring (bicyclic) bond motifs is 6. The Morgan fingerprint density at radius 1 is 0.643 bits per heavy atom. The Balaban J connectivity index is 0.931. The van der Waals surface area contributed by atoms with Crippen molar-refractivity contribution in [3.05, 3.63) is 71.8 Å². The topological polar surface area (TPSA) is 115 Å². The fourth-order valence-corrected chi connectivity index (χ4v) is 7.52. The van der Waals surface area contributed by atoms with E-state index in [1.165, 1.54) is 0 Å². The SMILES string of the molecule is COC1OC2COC(c3ccccc3)OC2C2C(NC(=O)NC3C4C(OC)OC5COC(c6ccccc6)OC5C34)C12. The zero-order valence-electron chi connectivity index (χ0n) is 23.4. The highest BCUT2D eigenvalue weighted by Crippen LogP contribution is 2.55. The van der Waals surface area contributed by atoms with Crippen LogP contribution >= 0.6 is 0 Å². The minimum atomic E-state index is -0.474. The normalized spacial score (nSPS) is 44.9. The minimum Gasteiger partial charge on any atom is -0.355 e. The molecule has 0 spiro atoms. The Labute approximate surface area is 244 Å². The van der Waals surface area contributed by atoms with Gasteiger partial charge in [-0.15, -0.1) is 0 Å². The first-order chi connectivity index (χ1) is 20.6. The summed E-state index contributed by atoms with van der Waals surface area (Å²) in [5, 5.41) is 6.38. The number of benzene rings is 2. The van der Waals surface area contributed by atoms with E-state index in [0.717, 1.165) is 11.1 Å². The zero-order valence-corrected chi connectivity index (χ0v) is 23.4. The molecule has 2 aromatic rings. The van der Waals surface area contributed by atoms with E-state index >= 15 is 0 Å². The molecule has 14 unspecified atom stereocenters. The highest BCUT2D eigenvalue weighted by atomic mass is 16.8. The summed E-state index contributed by atoms with van der Waals surface area (Å²) in [6.45, 7) is 0.790. The fraction of sp³-hybridized carbons (Fsp3) is 0.581. The first kappa shape index (κ1) is 27.0. The Bertz CT molecular complexity index is 1170. The summed E-state index contributed by atoms with van der Waals surface area (Å²) < 4.78 is 48.5. The molecule has 2 N–H and O–H groups in total. The molecule has 11 nitrogen and oxygen atoms in total. The number of carbonyl (C=O) groups is 1. The van der Waals surface area contributed by atoms with Gasteiger partial charge in [-0.1, -0.05) is 60.7 Å². The van der Waals surface area contributed by atoms with Crippen LogP contribution < -0.4 is 10.6 Å². The van der Waals surface area contributed by atoms with Crippen LogP contribution in [0.25, 0.3) is 0 Å². The minimum absolute atomic E-state index is 0.0112. The second-order valence-electron chi connectivity index (χ2n) is 11.9. The van der Waals surface area contributed by atoms with Crippen molar-refractivity contribution in [3.63, 3.8) is 0 Å². The van der Waals surface area contributed by atoms with Gasteiger partial charge in [-0.25, -0.2) is 4.79 Å². The first-order valence-electron chi connectivity index (χ1n) is 14.7. The summed E-state index contributed by atoms with van der Waals surface area (Å²) in [5.74, 6) is 0.0904. The number of ether oxygens (including phenoxy) is 8. The van der Waals surface area contributed by atoms with Crippen molar-refractivity contribution in [2.45, 2.75) is 61.7 Å². The lowest BCUT2D eigenvalue weighted by Gasteiger charge is -2.41. The molecule has 8 rings (SSSR count). The number of urea groups is 1. The van der Waals surface area contributed by atoms with Gasteiger partial charge in [-0.3, -0.25) is 0 Å². The predicted octanol–water partition coefficient (Wildman–Crippen LogP) is 2.49. The summed E-state index contributed by atoms with van der Waals surface area (Å²) in [6.07, 6.45) is -2.80. The Kier molecular flexibility index (Phi) is 6.96. The van der Waals surface area contributed by atoms with E-state index in [1.54, 1.807) is 14.2 Å². The molecule has 14 atom stereocenters. The maximum atomic E-state index is 13.4. The van der Waals surface area contributed by atoms with Crippen LogP contribution in [0.4, 0.5) is 4.79 Å². The molecule has 2 amide bonds. The summed E-state index contributed by atoms with van der Waals surface area (Å²) in [4.78, 5) is 13.4. The van der Waals surface area contributed by atoms with Gasteiger partial charge in [0.15, 0.2) is 25.2 Å². The van der Waals surface area contributed by atoms with E-state index in [2.05, 4.69) is 10.6 Å². The number of carbonyl (C=O) groups excluding carboxylic acids is 1. The molecular weight excluding hydrogens is 544 g/mol. The van der Waals surface area contributed by atoms with E-state index in [4.69, 9.17) is 37.9 Å². The van der Waals surface area contributed by atoms with Crippen molar-refractivity contribution >= 4 is 6.03 Å². The first-order valence-corrected chi connectivity index (χ1v) is 14.7. The van der Waals surface area contributed by atoms with Gasteiger partial charge < -0.3 is 48.5 Å². The second kappa shape index (κ2) is 10.8. The van der Waals surface area contributed by atoms with Crippen LogP contribution in [-0.2, 0) is 37.9 Å². The van der Waals surface area contributed by atoms with E-state index in [9.17, 15) is 4.79 Å². The molecule has 0 aromatic heterocycles. The average Bonchev–Trinajstić information content (AvgIpc) is 3.95. The monoisotopic (exact) mass is 580 g/mol. The van der Waals surface area contributed by atoms with Gasteiger partial charge in [-0.05, 0) is 0 Å². The standard InChI is InChI=1S/C31H36N2O9/c1-35-29-21-19(25-17(39-29)13-37-27(41-25)15-9-5-3-6-10-15)23(21)32-31(34)33-24-20-22(24)30(36-2)40-18-14-38-28(42-26(18)20)16-11-7-4-8-12-16/h3-12,17-30H,13-14H2,1-2H3,(H2,32,33,34). The van der Waals surface area contributed by atoms with Crippen LogP contribution in [-0.4, -0.2) is 82.5 Å². The van der Waals surface area contributed by atoms with Gasteiger partial charge in [0, 0.05) is 61.1 Å². The highest BCUT2D eigenvalue weighted by Gasteiger charge is 2.68. The molecule has 6 fully saturated rings. The molecule has 0 radical (unpaired) electrons. The molecule has 4 saturated heterocycles. The quantitative estimate of drug-likeness (QED) is 0.532. The summed E-state index contributed by atoms with van der Waals surface area (Å²) in [5.41, 5.74) is 1.91. The van der Waals surface area contributed by atoms with Crippen LogP contribution in [0.1, 0.15) is 23.7 Å². The maximum Gasteiger partial charge on any atom is 0.315 e. The maximum absolute atomic E-state index is 13.4. The molecule has 4 heterocycles. The number of amides is 2. The molecule has 0 bridgehead atoms. The fourth-order valence-electron chi connectivity index (χ4n) is 7.52. The van der Waals surface area contributed by atoms with Crippen LogP contribution in [0, 0.1) is 23.7 Å². The third kappa shape index (κ3) is 4.63. The largest absolute Gasteiger partial charge is 0.355 e. The van der Waals surface area contributed by atoms with E-state index in [0.29, 0.717) is 13.2 Å². The third-order valence-electron chi connectivity index (χ3n) is 9.59. The molecule has 42 heavy (non-hydrogen) atoms. The van der Waals surface area contributed by atoms with Gasteiger partial charge in [0.25, 0.3) is 0 Å². The summed E-state index contributed by atoms with van der Waals surface area (Å²) >= 11 is 0. The van der Waals surface area contributed by atoms with Gasteiger partial charge in [-0.2, -0.15) is 0 Å². The van der Waals surface area contributed by atoms with Gasteiger partial charge in [0.1, 0.15) is 12.2 Å². The smallest absolute Gasteiger partial charge is 0.315 e. The third-order valence-corrected chi connectivity index (χ3v) is 9.59. The number of hydrogen-bond acceptors (Lipinski definition) is 9. The van der Waals surface area contributed by atoms with E-state index < -0.39 is 25.2 Å². The van der Waals surface area contributed by atoms with Crippen LogP contribution in [0.3, 0.4) is 0 Å². The van der Waals surface area contributed by atoms with Crippen LogP contribution in [0.5, 0.6) is 0 Å². The van der Waals surface area contributed by atoms with Crippen molar-refractivity contribution in [1.29, 1.82) is 0 Å². The molecule has 2 aromatic carbocycles. The molecular formula is C31H36N2O9. The van der Waals surface area contributed by atoms with Gasteiger partial charge in [0.2, 0.25) is 0 Å². The van der Waals surface area contributed by atoms with Crippen LogP contribution in [0.15, 0.2) is 60.7 Å². The van der Waals surface area contributed by atoms with Crippen molar-refractivity contribution in [1.82, 2.24) is 10.6 Å². The summed E-state index contributed by atoms with van der Waals surface area (Å²) in [7, 11) is 3.25. The van der Waals surface area contributed by atoms with E-state index in [1.807, 2.05) is 60.7 Å².